The number of amides is 2. The van der Waals surface area contributed by atoms with Crippen LogP contribution < -0.4 is 10.5 Å². The highest BCUT2D eigenvalue weighted by atomic mass is 16.5. The molecule has 0 aromatic heterocycles. The van der Waals surface area contributed by atoms with Crippen LogP contribution >= 0.6 is 0 Å². The van der Waals surface area contributed by atoms with Gasteiger partial charge in [-0.2, -0.15) is 0 Å². The zero-order chi connectivity index (χ0) is 18.5. The van der Waals surface area contributed by atoms with E-state index < -0.39 is 0 Å². The Hall–Kier alpha value is -2.08. The van der Waals surface area contributed by atoms with Gasteiger partial charge in [0.1, 0.15) is 5.75 Å². The predicted octanol–water partition coefficient (Wildman–Crippen LogP) is 1.89. The smallest absolute Gasteiger partial charge is 0.257 e. The Kier molecular flexibility index (Phi) is 6.14. The Labute approximate surface area is 155 Å². The molecule has 26 heavy (non-hydrogen) atoms. The highest BCUT2D eigenvalue weighted by Gasteiger charge is 2.30. The Balaban J connectivity index is 1.55. The van der Waals surface area contributed by atoms with Crippen LogP contribution in [0.1, 0.15) is 43.0 Å². The van der Waals surface area contributed by atoms with E-state index >= 15 is 0 Å². The summed E-state index contributed by atoms with van der Waals surface area (Å²) in [6.07, 6.45) is 3.75. The van der Waals surface area contributed by atoms with Gasteiger partial charge in [-0.25, -0.2) is 0 Å². The zero-order valence-corrected chi connectivity index (χ0v) is 15.5. The number of hydrogen-bond donors (Lipinski definition) is 1. The van der Waals surface area contributed by atoms with Crippen molar-refractivity contribution in [2.24, 2.45) is 11.7 Å². The van der Waals surface area contributed by atoms with Crippen molar-refractivity contribution < 1.29 is 14.3 Å². The molecular formula is C20H29N3O3. The molecule has 1 aliphatic carbocycles. The minimum atomic E-state index is -0.0287. The number of nitrogens with zero attached hydrogens (tertiary/aromatic N) is 2. The Morgan fingerprint density at radius 1 is 1.12 bits per heavy atom. The summed E-state index contributed by atoms with van der Waals surface area (Å²) in [7, 11) is 0. The average Bonchev–Trinajstić information content (AvgIpc) is 3.06. The van der Waals surface area contributed by atoms with Crippen LogP contribution in [0, 0.1) is 5.92 Å². The van der Waals surface area contributed by atoms with Gasteiger partial charge in [-0.05, 0) is 37.8 Å². The van der Waals surface area contributed by atoms with E-state index in [0.717, 1.165) is 19.3 Å². The van der Waals surface area contributed by atoms with Gasteiger partial charge in [-0.15, -0.1) is 0 Å². The monoisotopic (exact) mass is 359 g/mol. The summed E-state index contributed by atoms with van der Waals surface area (Å²) in [5.41, 5.74) is 6.68. The molecule has 1 aromatic rings. The number of ether oxygens (including phenoxy) is 1. The molecule has 6 nitrogen and oxygen atoms in total. The lowest BCUT2D eigenvalue weighted by Crippen LogP contribution is -2.51. The summed E-state index contributed by atoms with van der Waals surface area (Å²) in [6, 6.07) is 7.50. The van der Waals surface area contributed by atoms with Crippen molar-refractivity contribution in [2.75, 3.05) is 32.8 Å². The highest BCUT2D eigenvalue weighted by molar-refractivity contribution is 5.97. The molecule has 1 saturated heterocycles. The van der Waals surface area contributed by atoms with Gasteiger partial charge in [0.2, 0.25) is 5.91 Å². The van der Waals surface area contributed by atoms with Gasteiger partial charge in [-0.3, -0.25) is 9.59 Å². The third-order valence-electron chi connectivity index (χ3n) is 5.49. The lowest BCUT2D eigenvalue weighted by Gasteiger charge is -2.35. The van der Waals surface area contributed by atoms with Crippen LogP contribution in [0.4, 0.5) is 0 Å². The topological polar surface area (TPSA) is 75.9 Å². The summed E-state index contributed by atoms with van der Waals surface area (Å²) in [5, 5.41) is 0. The summed E-state index contributed by atoms with van der Waals surface area (Å²) >= 11 is 0. The van der Waals surface area contributed by atoms with Gasteiger partial charge in [0.15, 0.2) is 0 Å². The van der Waals surface area contributed by atoms with E-state index in [1.54, 1.807) is 6.07 Å². The molecule has 1 saturated carbocycles. The van der Waals surface area contributed by atoms with Crippen molar-refractivity contribution in [1.82, 2.24) is 9.80 Å². The molecule has 1 heterocycles. The normalized spacial score (nSPS) is 23.2. The molecule has 1 aliphatic heterocycles. The first kappa shape index (κ1) is 18.7. The number of rotatable bonds is 5. The maximum Gasteiger partial charge on any atom is 0.257 e. The maximum atomic E-state index is 12.8. The van der Waals surface area contributed by atoms with Crippen molar-refractivity contribution in [3.8, 4) is 5.75 Å². The molecule has 3 rings (SSSR count). The zero-order valence-electron chi connectivity index (χ0n) is 15.5. The highest BCUT2D eigenvalue weighted by Crippen LogP contribution is 2.27. The SMILES string of the molecule is CCOc1ccccc1C(=O)N1CCN(C(=O)C[C@@H]2CCC[C@H]2N)CC1. The molecule has 0 unspecified atom stereocenters. The van der Waals surface area contributed by atoms with Crippen molar-refractivity contribution in [2.45, 2.75) is 38.6 Å². The second-order valence-electron chi connectivity index (χ2n) is 7.16. The number of hydrogen-bond acceptors (Lipinski definition) is 4. The van der Waals surface area contributed by atoms with Crippen molar-refractivity contribution >= 4 is 11.8 Å². The molecule has 6 heteroatoms. The number of para-hydroxylation sites is 1. The Morgan fingerprint density at radius 2 is 1.81 bits per heavy atom. The minimum absolute atomic E-state index is 0.0287. The molecule has 2 atom stereocenters. The number of carbonyl (C=O) groups excluding carboxylic acids is 2. The van der Waals surface area contributed by atoms with E-state index in [1.165, 1.54) is 0 Å². The van der Waals surface area contributed by atoms with E-state index in [2.05, 4.69) is 0 Å². The molecule has 1 aromatic carbocycles. The standard InChI is InChI=1S/C20H29N3O3/c1-2-26-18-9-4-3-7-16(18)20(25)23-12-10-22(11-13-23)19(24)14-15-6-5-8-17(15)21/h3-4,7,9,15,17H,2,5-6,8,10-14,21H2,1H3/t15-,17+/m0/s1. The summed E-state index contributed by atoms with van der Waals surface area (Å²) in [6.45, 7) is 4.72. The van der Waals surface area contributed by atoms with Crippen LogP contribution in [0.3, 0.4) is 0 Å². The quantitative estimate of drug-likeness (QED) is 0.871. The molecular weight excluding hydrogens is 330 g/mol. The molecule has 142 valence electrons. The third kappa shape index (κ3) is 4.18. The van der Waals surface area contributed by atoms with Crippen LogP contribution in [-0.4, -0.2) is 60.4 Å². The van der Waals surface area contributed by atoms with Crippen LogP contribution in [0.15, 0.2) is 24.3 Å². The lowest BCUT2D eigenvalue weighted by molar-refractivity contribution is -0.133. The largest absolute Gasteiger partial charge is 0.493 e. The molecule has 0 radical (unpaired) electrons. The number of nitrogens with two attached hydrogens (primary N) is 1. The number of benzene rings is 1. The number of carbonyl (C=O) groups is 2. The van der Waals surface area contributed by atoms with E-state index in [1.807, 2.05) is 34.9 Å². The van der Waals surface area contributed by atoms with E-state index in [4.69, 9.17) is 10.5 Å². The molecule has 0 spiro atoms. The van der Waals surface area contributed by atoms with Crippen LogP contribution in [0.25, 0.3) is 0 Å². The van der Waals surface area contributed by atoms with Gasteiger partial charge < -0.3 is 20.3 Å². The third-order valence-corrected chi connectivity index (χ3v) is 5.49. The van der Waals surface area contributed by atoms with Crippen molar-refractivity contribution in [1.29, 1.82) is 0 Å². The minimum Gasteiger partial charge on any atom is -0.493 e. The fraction of sp³-hybridized carbons (Fsp3) is 0.600. The van der Waals surface area contributed by atoms with E-state index in [-0.39, 0.29) is 17.9 Å². The Morgan fingerprint density at radius 3 is 2.46 bits per heavy atom. The lowest BCUT2D eigenvalue weighted by atomic mass is 9.99. The fourth-order valence-electron chi connectivity index (χ4n) is 3.93. The van der Waals surface area contributed by atoms with Crippen LogP contribution in [-0.2, 0) is 4.79 Å². The molecule has 2 amide bonds. The van der Waals surface area contributed by atoms with E-state index in [0.29, 0.717) is 56.4 Å². The molecule has 0 bridgehead atoms. The first-order valence-corrected chi connectivity index (χ1v) is 9.64. The van der Waals surface area contributed by atoms with Crippen molar-refractivity contribution in [3.05, 3.63) is 29.8 Å². The van der Waals surface area contributed by atoms with Gasteiger partial charge >= 0.3 is 0 Å². The average molecular weight is 359 g/mol. The second-order valence-corrected chi connectivity index (χ2v) is 7.16. The van der Waals surface area contributed by atoms with Gasteiger partial charge in [0, 0.05) is 38.6 Å². The van der Waals surface area contributed by atoms with Crippen molar-refractivity contribution in [3.63, 3.8) is 0 Å². The van der Waals surface area contributed by atoms with Crippen LogP contribution in [0.5, 0.6) is 5.75 Å². The Bertz CT molecular complexity index is 641. The summed E-state index contributed by atoms with van der Waals surface area (Å²) < 4.78 is 5.57. The maximum absolute atomic E-state index is 12.8. The second kappa shape index (κ2) is 8.54. The summed E-state index contributed by atoms with van der Waals surface area (Å²) in [4.78, 5) is 29.0. The van der Waals surface area contributed by atoms with E-state index in [9.17, 15) is 9.59 Å². The molecule has 2 N–H and O–H groups in total. The van der Waals surface area contributed by atoms with Crippen LogP contribution in [0.2, 0.25) is 0 Å². The molecule has 2 aliphatic rings. The fourth-order valence-corrected chi connectivity index (χ4v) is 3.93. The molecule has 2 fully saturated rings. The predicted molar refractivity (Wildman–Crippen MR) is 100 cm³/mol. The first-order chi connectivity index (χ1) is 12.6. The van der Waals surface area contributed by atoms with Gasteiger partial charge in [0.25, 0.3) is 5.91 Å². The van der Waals surface area contributed by atoms with Gasteiger partial charge in [0.05, 0.1) is 12.2 Å². The summed E-state index contributed by atoms with van der Waals surface area (Å²) in [5.74, 6) is 1.09. The van der Waals surface area contributed by atoms with Gasteiger partial charge in [-0.1, -0.05) is 18.6 Å². The number of piperazine rings is 1. The first-order valence-electron chi connectivity index (χ1n) is 9.64.